The molecule has 0 bridgehead atoms. The van der Waals surface area contributed by atoms with Crippen LogP contribution in [0, 0.1) is 5.92 Å². The van der Waals surface area contributed by atoms with E-state index in [2.05, 4.69) is 15.9 Å². The maximum absolute atomic E-state index is 12.7. The van der Waals surface area contributed by atoms with E-state index in [0.29, 0.717) is 11.9 Å². The van der Waals surface area contributed by atoms with Gasteiger partial charge in [-0.05, 0) is 6.42 Å². The Morgan fingerprint density at radius 2 is 2.56 bits per heavy atom. The third-order valence-corrected chi connectivity index (χ3v) is 2.24. The molecule has 3 heteroatoms. The van der Waals surface area contributed by atoms with E-state index in [1.165, 1.54) is 0 Å². The highest BCUT2D eigenvalue weighted by Gasteiger charge is 2.23. The average Bonchev–Trinajstić information content (AvgIpc) is 2.37. The Morgan fingerprint density at radius 1 is 1.78 bits per heavy atom. The van der Waals surface area contributed by atoms with Crippen LogP contribution in [-0.2, 0) is 4.74 Å². The first-order valence-corrected chi connectivity index (χ1v) is 4.24. The molecule has 1 aliphatic heterocycles. The van der Waals surface area contributed by atoms with Gasteiger partial charge in [-0.25, -0.2) is 4.39 Å². The van der Waals surface area contributed by atoms with Gasteiger partial charge in [0.2, 0.25) is 0 Å². The van der Waals surface area contributed by atoms with E-state index in [9.17, 15) is 4.39 Å². The summed E-state index contributed by atoms with van der Waals surface area (Å²) >= 11 is 3.09. The standard InChI is InChI=1S/C6H10BrFO/c7-3-6(8)5-1-2-9-4-5/h5-6H,1-4H2. The van der Waals surface area contributed by atoms with Crippen molar-refractivity contribution < 1.29 is 9.13 Å². The maximum atomic E-state index is 12.7. The second kappa shape index (κ2) is 3.52. The maximum Gasteiger partial charge on any atom is 0.115 e. The Hall–Kier alpha value is 0.370. The molecule has 0 aromatic carbocycles. The van der Waals surface area contributed by atoms with Crippen LogP contribution in [0.25, 0.3) is 0 Å². The molecule has 1 fully saturated rings. The van der Waals surface area contributed by atoms with Crippen LogP contribution < -0.4 is 0 Å². The Bertz CT molecular complexity index is 83.1. The van der Waals surface area contributed by atoms with Gasteiger partial charge in [0.25, 0.3) is 0 Å². The van der Waals surface area contributed by atoms with Crippen molar-refractivity contribution in [1.29, 1.82) is 0 Å². The number of alkyl halides is 2. The summed E-state index contributed by atoms with van der Waals surface area (Å²) in [4.78, 5) is 0. The number of rotatable bonds is 2. The Morgan fingerprint density at radius 3 is 3.00 bits per heavy atom. The van der Waals surface area contributed by atoms with Crippen molar-refractivity contribution in [3.8, 4) is 0 Å². The summed E-state index contributed by atoms with van der Waals surface area (Å²) in [6.07, 6.45) is 0.166. The number of hydrogen-bond acceptors (Lipinski definition) is 1. The summed E-state index contributed by atoms with van der Waals surface area (Å²) in [5.41, 5.74) is 0. The average molecular weight is 197 g/mol. The van der Waals surface area contributed by atoms with Crippen molar-refractivity contribution in [3.05, 3.63) is 0 Å². The minimum absolute atomic E-state index is 0.143. The highest BCUT2D eigenvalue weighted by molar-refractivity contribution is 9.09. The van der Waals surface area contributed by atoms with Gasteiger partial charge in [-0.2, -0.15) is 0 Å². The van der Waals surface area contributed by atoms with Gasteiger partial charge in [-0.3, -0.25) is 0 Å². The lowest BCUT2D eigenvalue weighted by molar-refractivity contribution is 0.162. The van der Waals surface area contributed by atoms with E-state index >= 15 is 0 Å². The molecule has 2 unspecified atom stereocenters. The van der Waals surface area contributed by atoms with Crippen molar-refractivity contribution in [2.75, 3.05) is 18.5 Å². The molecule has 0 spiro atoms. The molecule has 0 N–H and O–H groups in total. The minimum Gasteiger partial charge on any atom is -0.381 e. The normalized spacial score (nSPS) is 30.7. The summed E-state index contributed by atoms with van der Waals surface area (Å²) in [7, 11) is 0. The summed E-state index contributed by atoms with van der Waals surface area (Å²) in [6.45, 7) is 1.34. The highest BCUT2D eigenvalue weighted by Crippen LogP contribution is 2.20. The van der Waals surface area contributed by atoms with Crippen LogP contribution in [-0.4, -0.2) is 24.7 Å². The first-order chi connectivity index (χ1) is 4.34. The fourth-order valence-electron chi connectivity index (χ4n) is 0.964. The fraction of sp³-hybridized carbons (Fsp3) is 1.00. The molecule has 0 radical (unpaired) electrons. The topological polar surface area (TPSA) is 9.23 Å². The van der Waals surface area contributed by atoms with Crippen LogP contribution in [0.3, 0.4) is 0 Å². The third-order valence-electron chi connectivity index (χ3n) is 1.62. The van der Waals surface area contributed by atoms with Crippen molar-refractivity contribution >= 4 is 15.9 Å². The molecule has 0 aromatic heterocycles. The van der Waals surface area contributed by atoms with Gasteiger partial charge in [-0.15, -0.1) is 0 Å². The molecule has 0 aromatic rings. The number of ether oxygens (including phenoxy) is 1. The summed E-state index contributed by atoms with van der Waals surface area (Å²) < 4.78 is 17.7. The van der Waals surface area contributed by atoms with Crippen LogP contribution in [0.2, 0.25) is 0 Å². The predicted molar refractivity (Wildman–Crippen MR) is 37.6 cm³/mol. The van der Waals surface area contributed by atoms with Crippen LogP contribution in [0.5, 0.6) is 0 Å². The Balaban J connectivity index is 2.24. The third kappa shape index (κ3) is 1.90. The van der Waals surface area contributed by atoms with E-state index in [1.807, 2.05) is 0 Å². The molecule has 1 rings (SSSR count). The SMILES string of the molecule is FC(CBr)C1CCOC1. The molecular weight excluding hydrogens is 187 g/mol. The van der Waals surface area contributed by atoms with E-state index in [0.717, 1.165) is 13.0 Å². The molecule has 0 aliphatic carbocycles. The number of halogens is 2. The fourth-order valence-corrected chi connectivity index (χ4v) is 1.49. The van der Waals surface area contributed by atoms with Crippen LogP contribution in [0.15, 0.2) is 0 Å². The van der Waals surface area contributed by atoms with E-state index in [-0.39, 0.29) is 5.92 Å². The lowest BCUT2D eigenvalue weighted by Crippen LogP contribution is -2.16. The predicted octanol–water partition coefficient (Wildman–Crippen LogP) is 1.76. The molecule has 0 amide bonds. The summed E-state index contributed by atoms with van der Waals surface area (Å²) in [5, 5.41) is 0.445. The first-order valence-electron chi connectivity index (χ1n) is 3.12. The lowest BCUT2D eigenvalue weighted by atomic mass is 10.1. The first kappa shape index (κ1) is 7.48. The monoisotopic (exact) mass is 196 g/mol. The zero-order valence-electron chi connectivity index (χ0n) is 5.15. The molecule has 2 atom stereocenters. The van der Waals surface area contributed by atoms with Crippen molar-refractivity contribution in [2.24, 2.45) is 5.92 Å². The van der Waals surface area contributed by atoms with Crippen LogP contribution in [0.1, 0.15) is 6.42 Å². The Labute approximate surface area is 62.7 Å². The van der Waals surface area contributed by atoms with Gasteiger partial charge in [0.1, 0.15) is 6.17 Å². The molecule has 1 heterocycles. The summed E-state index contributed by atoms with van der Waals surface area (Å²) in [5.74, 6) is 0.143. The molecule has 0 saturated carbocycles. The number of hydrogen-bond donors (Lipinski definition) is 0. The quantitative estimate of drug-likeness (QED) is 0.613. The van der Waals surface area contributed by atoms with Crippen molar-refractivity contribution in [1.82, 2.24) is 0 Å². The largest absolute Gasteiger partial charge is 0.381 e. The molecule has 9 heavy (non-hydrogen) atoms. The van der Waals surface area contributed by atoms with E-state index < -0.39 is 6.17 Å². The van der Waals surface area contributed by atoms with Gasteiger partial charge in [-0.1, -0.05) is 15.9 Å². The second-order valence-corrected chi connectivity index (χ2v) is 2.94. The van der Waals surface area contributed by atoms with E-state index in [4.69, 9.17) is 4.74 Å². The van der Waals surface area contributed by atoms with Crippen molar-refractivity contribution in [3.63, 3.8) is 0 Å². The second-order valence-electron chi connectivity index (χ2n) is 2.29. The van der Waals surface area contributed by atoms with E-state index in [1.54, 1.807) is 0 Å². The van der Waals surface area contributed by atoms with Gasteiger partial charge in [0, 0.05) is 17.9 Å². The molecular formula is C6H10BrFO. The molecule has 1 nitrogen and oxygen atoms in total. The molecule has 1 saturated heterocycles. The highest BCUT2D eigenvalue weighted by atomic mass is 79.9. The zero-order valence-corrected chi connectivity index (χ0v) is 6.73. The van der Waals surface area contributed by atoms with Gasteiger partial charge < -0.3 is 4.74 Å². The van der Waals surface area contributed by atoms with Crippen LogP contribution >= 0.6 is 15.9 Å². The molecule has 1 aliphatic rings. The Kier molecular flexibility index (Phi) is 2.92. The van der Waals surface area contributed by atoms with Crippen molar-refractivity contribution in [2.45, 2.75) is 12.6 Å². The lowest BCUT2D eigenvalue weighted by Gasteiger charge is -2.09. The smallest absolute Gasteiger partial charge is 0.115 e. The molecule has 54 valence electrons. The minimum atomic E-state index is -0.715. The van der Waals surface area contributed by atoms with Crippen LogP contribution in [0.4, 0.5) is 4.39 Å². The van der Waals surface area contributed by atoms with Gasteiger partial charge in [0.05, 0.1) is 6.61 Å². The summed E-state index contributed by atoms with van der Waals surface area (Å²) in [6, 6.07) is 0. The zero-order chi connectivity index (χ0) is 6.69. The van der Waals surface area contributed by atoms with Gasteiger partial charge in [0.15, 0.2) is 0 Å². The van der Waals surface area contributed by atoms with Gasteiger partial charge >= 0.3 is 0 Å².